The van der Waals surface area contributed by atoms with Crippen LogP contribution < -0.4 is 0 Å². The highest BCUT2D eigenvalue weighted by atomic mass is 16.5. The van der Waals surface area contributed by atoms with Gasteiger partial charge in [0, 0.05) is 20.2 Å². The highest BCUT2D eigenvalue weighted by Gasteiger charge is 2.22. The molecule has 98 valence electrons. The Morgan fingerprint density at radius 1 is 1.28 bits per heavy atom. The van der Waals surface area contributed by atoms with E-state index in [0.717, 1.165) is 32.4 Å². The van der Waals surface area contributed by atoms with E-state index < -0.39 is 0 Å². The summed E-state index contributed by atoms with van der Waals surface area (Å²) in [5, 5.41) is 0. The maximum Gasteiger partial charge on any atom is 0.248 e. The molecule has 18 heavy (non-hydrogen) atoms. The first-order valence-corrected chi connectivity index (χ1v) is 6.60. The standard InChI is InChI=1S/C15H21NO2/c1-18-12-15(17)16-9-7-14(8-10-16)11-13-5-3-2-4-6-13/h2-6,14H,7-12H2,1H3. The minimum Gasteiger partial charge on any atom is -0.375 e. The second-order valence-corrected chi connectivity index (χ2v) is 4.95. The Kier molecular flexibility index (Phi) is 4.76. The molecule has 0 bridgehead atoms. The first kappa shape index (κ1) is 13.1. The van der Waals surface area contributed by atoms with Crippen LogP contribution in [-0.2, 0) is 16.0 Å². The maximum atomic E-state index is 11.7. The fourth-order valence-corrected chi connectivity index (χ4v) is 2.55. The Labute approximate surface area is 109 Å². The highest BCUT2D eigenvalue weighted by molar-refractivity contribution is 5.77. The van der Waals surface area contributed by atoms with Crippen molar-refractivity contribution in [1.29, 1.82) is 0 Å². The van der Waals surface area contributed by atoms with Crippen molar-refractivity contribution in [2.75, 3.05) is 26.8 Å². The molecule has 1 amide bonds. The highest BCUT2D eigenvalue weighted by Crippen LogP contribution is 2.21. The van der Waals surface area contributed by atoms with E-state index in [2.05, 4.69) is 30.3 Å². The smallest absolute Gasteiger partial charge is 0.248 e. The van der Waals surface area contributed by atoms with E-state index in [0.29, 0.717) is 5.92 Å². The molecule has 0 atom stereocenters. The minimum absolute atomic E-state index is 0.121. The van der Waals surface area contributed by atoms with Gasteiger partial charge in [-0.2, -0.15) is 0 Å². The van der Waals surface area contributed by atoms with Crippen molar-refractivity contribution in [3.05, 3.63) is 35.9 Å². The van der Waals surface area contributed by atoms with Crippen LogP contribution in [0.5, 0.6) is 0 Å². The van der Waals surface area contributed by atoms with Gasteiger partial charge in [-0.1, -0.05) is 30.3 Å². The van der Waals surface area contributed by atoms with Gasteiger partial charge in [0.2, 0.25) is 5.91 Å². The third-order valence-corrected chi connectivity index (χ3v) is 3.60. The molecule has 2 rings (SSSR count). The van der Waals surface area contributed by atoms with Crippen LogP contribution in [0, 0.1) is 5.92 Å². The summed E-state index contributed by atoms with van der Waals surface area (Å²) in [5.41, 5.74) is 1.40. The Morgan fingerprint density at radius 3 is 2.56 bits per heavy atom. The van der Waals surface area contributed by atoms with Crippen molar-refractivity contribution in [1.82, 2.24) is 4.90 Å². The van der Waals surface area contributed by atoms with Gasteiger partial charge in [-0.15, -0.1) is 0 Å². The number of benzene rings is 1. The Balaban J connectivity index is 1.78. The fourth-order valence-electron chi connectivity index (χ4n) is 2.55. The molecule has 0 radical (unpaired) electrons. The number of ether oxygens (including phenoxy) is 1. The predicted octanol–water partition coefficient (Wildman–Crippen LogP) is 2.11. The largest absolute Gasteiger partial charge is 0.375 e. The van der Waals surface area contributed by atoms with E-state index in [1.807, 2.05) is 4.90 Å². The zero-order chi connectivity index (χ0) is 12.8. The quantitative estimate of drug-likeness (QED) is 0.815. The summed E-state index contributed by atoms with van der Waals surface area (Å²) < 4.78 is 4.89. The molecule has 0 spiro atoms. The van der Waals surface area contributed by atoms with Gasteiger partial charge in [0.1, 0.15) is 6.61 Å². The minimum atomic E-state index is 0.121. The number of nitrogens with zero attached hydrogens (tertiary/aromatic N) is 1. The zero-order valence-corrected chi connectivity index (χ0v) is 11.0. The molecule has 1 heterocycles. The average molecular weight is 247 g/mol. The molecule has 3 nitrogen and oxygen atoms in total. The summed E-state index contributed by atoms with van der Waals surface area (Å²) in [6.45, 7) is 1.96. The lowest BCUT2D eigenvalue weighted by Gasteiger charge is -2.32. The van der Waals surface area contributed by atoms with Gasteiger partial charge in [0.05, 0.1) is 0 Å². The second kappa shape index (κ2) is 6.55. The molecule has 1 aromatic carbocycles. The van der Waals surface area contributed by atoms with E-state index >= 15 is 0 Å². The number of rotatable bonds is 4. The summed E-state index contributed by atoms with van der Waals surface area (Å²) in [7, 11) is 1.57. The maximum absolute atomic E-state index is 11.7. The molecule has 0 saturated carbocycles. The van der Waals surface area contributed by atoms with Crippen LogP contribution in [0.4, 0.5) is 0 Å². The molecule has 3 heteroatoms. The number of hydrogen-bond donors (Lipinski definition) is 0. The molecule has 1 aliphatic heterocycles. The Morgan fingerprint density at radius 2 is 1.94 bits per heavy atom. The van der Waals surface area contributed by atoms with Crippen LogP contribution in [0.3, 0.4) is 0 Å². The summed E-state index contributed by atoms with van der Waals surface area (Å²) in [4.78, 5) is 13.6. The molecule has 0 aromatic heterocycles. The van der Waals surface area contributed by atoms with Crippen molar-refractivity contribution in [2.45, 2.75) is 19.3 Å². The molecule has 0 aliphatic carbocycles. The third kappa shape index (κ3) is 3.57. The second-order valence-electron chi connectivity index (χ2n) is 4.95. The van der Waals surface area contributed by atoms with Gasteiger partial charge >= 0.3 is 0 Å². The van der Waals surface area contributed by atoms with Gasteiger partial charge in [-0.25, -0.2) is 0 Å². The number of likely N-dealkylation sites (tertiary alicyclic amines) is 1. The van der Waals surface area contributed by atoms with Crippen molar-refractivity contribution in [3.8, 4) is 0 Å². The topological polar surface area (TPSA) is 29.5 Å². The number of carbonyl (C=O) groups excluding carboxylic acids is 1. The van der Waals surface area contributed by atoms with Crippen LogP contribution in [0.1, 0.15) is 18.4 Å². The van der Waals surface area contributed by atoms with Gasteiger partial charge < -0.3 is 9.64 Å². The molecule has 1 fully saturated rings. The molecule has 1 aromatic rings. The molecular formula is C15H21NO2. The molecule has 0 unspecified atom stereocenters. The normalized spacial score (nSPS) is 16.8. The van der Waals surface area contributed by atoms with E-state index in [1.165, 1.54) is 5.56 Å². The first-order chi connectivity index (χ1) is 8.79. The summed E-state index contributed by atoms with van der Waals surface area (Å²) >= 11 is 0. The van der Waals surface area contributed by atoms with E-state index in [9.17, 15) is 4.79 Å². The van der Waals surface area contributed by atoms with Crippen LogP contribution in [-0.4, -0.2) is 37.6 Å². The lowest BCUT2D eigenvalue weighted by Crippen LogP contribution is -2.40. The Hall–Kier alpha value is -1.35. The van der Waals surface area contributed by atoms with Crippen LogP contribution in [0.25, 0.3) is 0 Å². The molecule has 1 saturated heterocycles. The molecule has 1 aliphatic rings. The van der Waals surface area contributed by atoms with E-state index in [1.54, 1.807) is 7.11 Å². The van der Waals surface area contributed by atoms with Crippen molar-refractivity contribution < 1.29 is 9.53 Å². The van der Waals surface area contributed by atoms with Gasteiger partial charge in [-0.3, -0.25) is 4.79 Å². The Bertz CT molecular complexity index is 369. The van der Waals surface area contributed by atoms with E-state index in [-0.39, 0.29) is 12.5 Å². The number of hydrogen-bond acceptors (Lipinski definition) is 2. The summed E-state index contributed by atoms with van der Waals surface area (Å²) in [6.07, 6.45) is 3.34. The van der Waals surface area contributed by atoms with Gasteiger partial charge in [0.25, 0.3) is 0 Å². The summed E-state index contributed by atoms with van der Waals surface area (Å²) in [6, 6.07) is 10.6. The van der Waals surface area contributed by atoms with Crippen molar-refractivity contribution in [2.24, 2.45) is 5.92 Å². The first-order valence-electron chi connectivity index (χ1n) is 6.60. The lowest BCUT2D eigenvalue weighted by molar-refractivity contribution is -0.136. The predicted molar refractivity (Wildman–Crippen MR) is 71.3 cm³/mol. The van der Waals surface area contributed by atoms with Crippen molar-refractivity contribution >= 4 is 5.91 Å². The van der Waals surface area contributed by atoms with E-state index in [4.69, 9.17) is 4.74 Å². The third-order valence-electron chi connectivity index (χ3n) is 3.60. The fraction of sp³-hybridized carbons (Fsp3) is 0.533. The number of amides is 1. The monoisotopic (exact) mass is 247 g/mol. The number of piperidine rings is 1. The van der Waals surface area contributed by atoms with Crippen LogP contribution >= 0.6 is 0 Å². The number of carbonyl (C=O) groups is 1. The zero-order valence-electron chi connectivity index (χ0n) is 11.0. The van der Waals surface area contributed by atoms with Crippen LogP contribution in [0.2, 0.25) is 0 Å². The molecular weight excluding hydrogens is 226 g/mol. The lowest BCUT2D eigenvalue weighted by atomic mass is 9.90. The van der Waals surface area contributed by atoms with Crippen molar-refractivity contribution in [3.63, 3.8) is 0 Å². The van der Waals surface area contributed by atoms with Gasteiger partial charge in [-0.05, 0) is 30.7 Å². The van der Waals surface area contributed by atoms with Gasteiger partial charge in [0.15, 0.2) is 0 Å². The summed E-state index contributed by atoms with van der Waals surface area (Å²) in [5.74, 6) is 0.828. The van der Waals surface area contributed by atoms with Crippen LogP contribution in [0.15, 0.2) is 30.3 Å². The number of methoxy groups -OCH3 is 1. The SMILES string of the molecule is COCC(=O)N1CCC(Cc2ccccc2)CC1. The average Bonchev–Trinajstić information content (AvgIpc) is 2.41. The molecule has 0 N–H and O–H groups in total.